The maximum Gasteiger partial charge on any atom is 0.128 e. The fourth-order valence-electron chi connectivity index (χ4n) is 7.12. The number of methoxy groups -OCH3 is 4. The van der Waals surface area contributed by atoms with Gasteiger partial charge in [-0.3, -0.25) is 0 Å². The first-order valence-electron chi connectivity index (χ1n) is 19.1. The molecule has 0 amide bonds. The van der Waals surface area contributed by atoms with Gasteiger partial charge in [-0.1, -0.05) is 48.5 Å². The Balaban J connectivity index is 1.77. The average molecular weight is 815 g/mol. The molecule has 6 rings (SSSR count). The van der Waals surface area contributed by atoms with Crippen molar-refractivity contribution in [3.8, 4) is 34.1 Å². The van der Waals surface area contributed by atoms with Crippen LogP contribution in [-0.4, -0.2) is 84.8 Å². The van der Waals surface area contributed by atoms with Crippen LogP contribution in [0.25, 0.3) is 11.1 Å². The van der Waals surface area contributed by atoms with Crippen LogP contribution in [0, 0.1) is 0 Å². The topological polar surface area (TPSA) is 49.9 Å². The minimum Gasteiger partial charge on any atom is -0.496 e. The van der Waals surface area contributed by atoms with E-state index in [1.54, 1.807) is 28.4 Å². The number of hydrogen-bond acceptors (Lipinski definition) is 8. The number of benzene rings is 6. The predicted octanol–water partition coefficient (Wildman–Crippen LogP) is 7.17. The molecule has 0 saturated heterocycles. The molecule has 0 spiro atoms. The van der Waals surface area contributed by atoms with Gasteiger partial charge >= 0.3 is 0 Å². The van der Waals surface area contributed by atoms with Gasteiger partial charge in [0, 0.05) is 101 Å². The summed E-state index contributed by atoms with van der Waals surface area (Å²) in [7, 11) is 21.0. The van der Waals surface area contributed by atoms with E-state index in [4.69, 9.17) is 18.9 Å². The first-order valence-corrected chi connectivity index (χ1v) is 21.8. The zero-order valence-corrected chi connectivity index (χ0v) is 37.7. The van der Waals surface area contributed by atoms with Crippen LogP contribution in [0.1, 0.15) is 0 Å². The minimum absolute atomic E-state index is 0.715. The summed E-state index contributed by atoms with van der Waals surface area (Å²) in [5, 5.41) is 6.76. The standard InChI is InChI=1S/C48H56N4O4P2/c1-49(2)33-13-21-37(22-14-33)57(38-23-15-34(16-24-38)50(3)4)47-43(55-11)31-29-41(53-9)45(47)46-42(54-10)30-32-44(56-12)48(46)58(39-25-17-35(18-26-39)51(5)6)40-27-19-36(20-28-40)52(7)8/h13-32H,1-12H3. The highest BCUT2D eigenvalue weighted by molar-refractivity contribution is 7.81. The lowest BCUT2D eigenvalue weighted by atomic mass is 10.0. The molecule has 0 atom stereocenters. The van der Waals surface area contributed by atoms with Crippen LogP contribution in [0.2, 0.25) is 0 Å². The van der Waals surface area contributed by atoms with Gasteiger partial charge in [0.25, 0.3) is 0 Å². The molecule has 58 heavy (non-hydrogen) atoms. The highest BCUT2D eigenvalue weighted by Crippen LogP contribution is 2.51. The van der Waals surface area contributed by atoms with E-state index in [2.05, 4.69) is 173 Å². The summed E-state index contributed by atoms with van der Waals surface area (Å²) in [4.78, 5) is 8.51. The number of hydrogen-bond donors (Lipinski definition) is 0. The van der Waals surface area contributed by atoms with Gasteiger partial charge in [-0.05, 0) is 110 Å². The van der Waals surface area contributed by atoms with Gasteiger partial charge in [0.2, 0.25) is 0 Å². The second-order valence-electron chi connectivity index (χ2n) is 14.7. The smallest absolute Gasteiger partial charge is 0.128 e. The molecule has 0 aliphatic rings. The van der Waals surface area contributed by atoms with Crippen LogP contribution in [0.5, 0.6) is 23.0 Å². The van der Waals surface area contributed by atoms with E-state index in [-0.39, 0.29) is 0 Å². The molecule has 0 fully saturated rings. The third-order valence-electron chi connectivity index (χ3n) is 10.3. The monoisotopic (exact) mass is 814 g/mol. The van der Waals surface area contributed by atoms with Crippen LogP contribution in [0.3, 0.4) is 0 Å². The van der Waals surface area contributed by atoms with Crippen molar-refractivity contribution in [1.29, 1.82) is 0 Å². The molecule has 6 aromatic carbocycles. The lowest BCUT2D eigenvalue weighted by molar-refractivity contribution is 0.402. The molecule has 0 unspecified atom stereocenters. The van der Waals surface area contributed by atoms with Crippen molar-refractivity contribution >= 4 is 70.4 Å². The van der Waals surface area contributed by atoms with E-state index in [1.165, 1.54) is 21.2 Å². The zero-order chi connectivity index (χ0) is 41.7. The number of rotatable bonds is 15. The quantitative estimate of drug-likeness (QED) is 0.101. The number of ether oxygens (including phenoxy) is 4. The predicted molar refractivity (Wildman–Crippen MR) is 253 cm³/mol. The molecule has 0 heterocycles. The highest BCUT2D eigenvalue weighted by Gasteiger charge is 2.34. The largest absolute Gasteiger partial charge is 0.496 e. The Kier molecular flexibility index (Phi) is 13.4. The van der Waals surface area contributed by atoms with Gasteiger partial charge < -0.3 is 38.5 Å². The molecule has 0 bridgehead atoms. The molecule has 6 aromatic rings. The molecule has 302 valence electrons. The van der Waals surface area contributed by atoms with Gasteiger partial charge in [0.1, 0.15) is 23.0 Å². The molecule has 0 radical (unpaired) electrons. The molecule has 0 saturated carbocycles. The van der Waals surface area contributed by atoms with Crippen molar-refractivity contribution in [2.75, 3.05) is 104 Å². The van der Waals surface area contributed by atoms with E-state index in [1.807, 2.05) is 24.3 Å². The number of anilines is 4. The minimum atomic E-state index is -1.24. The third kappa shape index (κ3) is 8.55. The summed E-state index contributed by atoms with van der Waals surface area (Å²) >= 11 is 0. The highest BCUT2D eigenvalue weighted by atomic mass is 31.1. The van der Waals surface area contributed by atoms with Crippen molar-refractivity contribution in [3.05, 3.63) is 121 Å². The SMILES string of the molecule is COc1ccc(OC)c(P(c2ccc(N(C)C)cc2)c2ccc(N(C)C)cc2)c1-c1c(OC)ccc(OC)c1P(c1ccc(N(C)C)cc1)c1ccc(N(C)C)cc1. The lowest BCUT2D eigenvalue weighted by Gasteiger charge is -2.31. The zero-order valence-electron chi connectivity index (χ0n) is 35.9. The first-order chi connectivity index (χ1) is 27.9. The van der Waals surface area contributed by atoms with E-state index in [0.717, 1.165) is 56.0 Å². The van der Waals surface area contributed by atoms with Crippen LogP contribution in [0.4, 0.5) is 22.7 Å². The van der Waals surface area contributed by atoms with Crippen LogP contribution in [0.15, 0.2) is 121 Å². The Morgan fingerprint density at radius 2 is 0.500 bits per heavy atom. The van der Waals surface area contributed by atoms with Crippen molar-refractivity contribution < 1.29 is 18.9 Å². The fraction of sp³-hybridized carbons (Fsp3) is 0.250. The van der Waals surface area contributed by atoms with Crippen LogP contribution >= 0.6 is 15.8 Å². The van der Waals surface area contributed by atoms with Crippen LogP contribution in [-0.2, 0) is 0 Å². The summed E-state index contributed by atoms with van der Waals surface area (Å²) < 4.78 is 25.6. The normalized spacial score (nSPS) is 11.1. The second kappa shape index (κ2) is 18.4. The first kappa shape index (κ1) is 42.2. The second-order valence-corrected chi connectivity index (χ2v) is 19.0. The van der Waals surface area contributed by atoms with Crippen molar-refractivity contribution in [3.63, 3.8) is 0 Å². The van der Waals surface area contributed by atoms with E-state index < -0.39 is 15.8 Å². The molecule has 8 nitrogen and oxygen atoms in total. The molecule has 0 aromatic heterocycles. The summed E-state index contributed by atoms with van der Waals surface area (Å²) in [5.74, 6) is 2.96. The summed E-state index contributed by atoms with van der Waals surface area (Å²) in [5.41, 5.74) is 6.33. The summed E-state index contributed by atoms with van der Waals surface area (Å²) in [6, 6.07) is 43.6. The lowest BCUT2D eigenvalue weighted by Crippen LogP contribution is -2.28. The summed E-state index contributed by atoms with van der Waals surface area (Å²) in [6.07, 6.45) is 0. The van der Waals surface area contributed by atoms with E-state index in [0.29, 0.717) is 11.5 Å². The molecule has 10 heteroatoms. The fourth-order valence-corrected chi connectivity index (χ4v) is 12.2. The Hall–Kier alpha value is -5.42. The van der Waals surface area contributed by atoms with Gasteiger partial charge in [-0.25, -0.2) is 0 Å². The molecular weight excluding hydrogens is 758 g/mol. The van der Waals surface area contributed by atoms with Crippen molar-refractivity contribution in [1.82, 2.24) is 0 Å². The molecule has 0 aliphatic carbocycles. The molecular formula is C48H56N4O4P2. The third-order valence-corrected chi connectivity index (χ3v) is 15.3. The Bertz CT molecular complexity index is 2030. The Labute approximate surface area is 348 Å². The van der Waals surface area contributed by atoms with Gasteiger partial charge in [-0.2, -0.15) is 0 Å². The van der Waals surface area contributed by atoms with E-state index >= 15 is 0 Å². The van der Waals surface area contributed by atoms with Crippen LogP contribution < -0.4 is 70.4 Å². The number of nitrogens with zero attached hydrogens (tertiary/aromatic N) is 4. The molecule has 0 N–H and O–H groups in total. The summed E-state index contributed by atoms with van der Waals surface area (Å²) in [6.45, 7) is 0. The van der Waals surface area contributed by atoms with Crippen molar-refractivity contribution in [2.45, 2.75) is 0 Å². The van der Waals surface area contributed by atoms with E-state index in [9.17, 15) is 0 Å². The van der Waals surface area contributed by atoms with Crippen molar-refractivity contribution in [2.24, 2.45) is 0 Å². The van der Waals surface area contributed by atoms with Gasteiger partial charge in [0.05, 0.1) is 28.4 Å². The van der Waals surface area contributed by atoms with Gasteiger partial charge in [-0.15, -0.1) is 0 Å². The van der Waals surface area contributed by atoms with Gasteiger partial charge in [0.15, 0.2) is 0 Å². The Morgan fingerprint density at radius 1 is 0.293 bits per heavy atom. The maximum absolute atomic E-state index is 6.41. The average Bonchev–Trinajstić information content (AvgIpc) is 3.24. The maximum atomic E-state index is 6.41. The molecule has 0 aliphatic heterocycles. The Morgan fingerprint density at radius 3 is 0.690 bits per heavy atom.